The van der Waals surface area contributed by atoms with Gasteiger partial charge in [-0.1, -0.05) is 35.9 Å². The first-order valence-electron chi connectivity index (χ1n) is 20.4. The van der Waals surface area contributed by atoms with Crippen molar-refractivity contribution in [3.8, 4) is 28.8 Å². The van der Waals surface area contributed by atoms with Gasteiger partial charge in [0.15, 0.2) is 5.82 Å². The summed E-state index contributed by atoms with van der Waals surface area (Å²) in [5.74, 6) is 0.485. The molecule has 0 bridgehead atoms. The number of hydrogen-bond donors (Lipinski definition) is 1. The van der Waals surface area contributed by atoms with Crippen LogP contribution in [0.3, 0.4) is 0 Å². The molecule has 0 spiro atoms. The average Bonchev–Trinajstić information content (AvgIpc) is 3.75. The third-order valence-corrected chi connectivity index (χ3v) is 12.5. The molecule has 2 unspecified atom stereocenters. The molecule has 3 saturated heterocycles. The number of piperidine rings is 1. The van der Waals surface area contributed by atoms with Crippen molar-refractivity contribution in [1.29, 1.82) is 0 Å². The molecule has 5 aromatic rings. The topological polar surface area (TPSA) is 96.3 Å². The Morgan fingerprint density at radius 3 is 2.16 bits per heavy atom. The van der Waals surface area contributed by atoms with Crippen LogP contribution >= 0.6 is 11.6 Å². The van der Waals surface area contributed by atoms with Crippen LogP contribution in [0.15, 0.2) is 60.7 Å². The smallest absolute Gasteiger partial charge is 0.418 e. The highest BCUT2D eigenvalue weighted by Gasteiger charge is 2.49. The van der Waals surface area contributed by atoms with Crippen LogP contribution < -0.4 is 24.0 Å². The van der Waals surface area contributed by atoms with Crippen molar-refractivity contribution in [2.45, 2.75) is 82.5 Å². The minimum atomic E-state index is -4.96. The first-order chi connectivity index (χ1) is 29.1. The summed E-state index contributed by atoms with van der Waals surface area (Å²) in [6.07, 6.45) is -3.03. The van der Waals surface area contributed by atoms with Crippen molar-refractivity contribution >= 4 is 34.1 Å². The second-order valence-electron chi connectivity index (χ2n) is 16.7. The number of benzene rings is 3. The van der Waals surface area contributed by atoms with E-state index in [-0.39, 0.29) is 78.3 Å². The van der Waals surface area contributed by atoms with Crippen molar-refractivity contribution < 1.29 is 41.3 Å². The number of hydrogen-bond acceptors (Lipinski definition) is 10. The van der Waals surface area contributed by atoms with Gasteiger partial charge in [-0.15, -0.1) is 0 Å². The standard InChI is InChI=1S/C45H48ClF5N6O4/c1-27-19-35(56(22-28-7-11-31(59-3)12-8-28)23-29-9-13-32(60-4)14-10-29)52-40(37(27)45(49,50)51)36-34(46)20-33-39(38(36)48)53-42(54-41(33)55-17-5-15-43(2,58)25-55)61-26-44-16-6-18-57(44)24-30(47)21-44/h7-14,19-20,30,58H,5-6,15-18,21-26H2,1-4H3/t30-,43?,44?/m1/s1. The minimum Gasteiger partial charge on any atom is -0.497 e. The summed E-state index contributed by atoms with van der Waals surface area (Å²) in [7, 11) is 3.11. The summed E-state index contributed by atoms with van der Waals surface area (Å²) in [4.78, 5) is 19.5. The molecule has 3 aromatic carbocycles. The lowest BCUT2D eigenvalue weighted by atomic mass is 9.94. The van der Waals surface area contributed by atoms with E-state index in [0.29, 0.717) is 37.3 Å². The summed E-state index contributed by atoms with van der Waals surface area (Å²) in [6.45, 7) is 5.09. The van der Waals surface area contributed by atoms with Crippen molar-refractivity contribution in [2.24, 2.45) is 0 Å². The molecule has 3 aliphatic heterocycles. The minimum absolute atomic E-state index is 0.0391. The monoisotopic (exact) mass is 866 g/mol. The molecule has 2 aromatic heterocycles. The quantitative estimate of drug-likeness (QED) is 0.122. The molecule has 1 N–H and O–H groups in total. The van der Waals surface area contributed by atoms with Crippen molar-refractivity contribution in [3.63, 3.8) is 0 Å². The van der Waals surface area contributed by atoms with E-state index in [1.54, 1.807) is 55.2 Å². The van der Waals surface area contributed by atoms with E-state index < -0.39 is 46.1 Å². The normalized spacial score (nSPS) is 21.8. The molecule has 10 nitrogen and oxygen atoms in total. The van der Waals surface area contributed by atoms with E-state index in [4.69, 9.17) is 30.8 Å². The number of fused-ring (bicyclic) bond motifs is 2. The summed E-state index contributed by atoms with van der Waals surface area (Å²) in [5, 5.41) is 10.9. The zero-order valence-corrected chi connectivity index (χ0v) is 35.2. The molecule has 0 aliphatic carbocycles. The van der Waals surface area contributed by atoms with Crippen LogP contribution in [-0.2, 0) is 19.3 Å². The molecule has 8 rings (SSSR count). The van der Waals surface area contributed by atoms with E-state index in [2.05, 4.69) is 14.9 Å². The van der Waals surface area contributed by atoms with Gasteiger partial charge in [-0.2, -0.15) is 23.1 Å². The second-order valence-corrected chi connectivity index (χ2v) is 17.1. The van der Waals surface area contributed by atoms with E-state index in [1.165, 1.54) is 19.1 Å². The van der Waals surface area contributed by atoms with Gasteiger partial charge in [0.1, 0.15) is 41.4 Å². The molecule has 3 aliphatic rings. The molecule has 324 valence electrons. The molecule has 3 fully saturated rings. The number of nitrogens with zero attached hydrogens (tertiary/aromatic N) is 6. The van der Waals surface area contributed by atoms with Gasteiger partial charge in [-0.3, -0.25) is 4.90 Å². The fourth-order valence-electron chi connectivity index (χ4n) is 9.21. The van der Waals surface area contributed by atoms with E-state index in [9.17, 15) is 9.50 Å². The Morgan fingerprint density at radius 1 is 0.918 bits per heavy atom. The SMILES string of the molecule is COc1ccc(CN(Cc2ccc(OC)cc2)c2cc(C)c(C(F)(F)F)c(-c3c(Cl)cc4c(N5CCCC(C)(O)C5)nc(OCC56CCCN5C[C@H](F)C6)nc4c3F)n2)cc1. The van der Waals surface area contributed by atoms with Gasteiger partial charge in [-0.25, -0.2) is 13.8 Å². The van der Waals surface area contributed by atoms with E-state index in [0.717, 1.165) is 24.1 Å². The zero-order valence-electron chi connectivity index (χ0n) is 34.5. The highest BCUT2D eigenvalue weighted by atomic mass is 35.5. The number of ether oxygens (including phenoxy) is 3. The Kier molecular flexibility index (Phi) is 11.7. The summed E-state index contributed by atoms with van der Waals surface area (Å²) >= 11 is 6.91. The second kappa shape index (κ2) is 16.7. The number of rotatable bonds is 12. The lowest BCUT2D eigenvalue weighted by Crippen LogP contribution is -2.46. The Labute approximate surface area is 356 Å². The molecular formula is C45H48ClF5N6O4. The first-order valence-corrected chi connectivity index (χ1v) is 20.7. The van der Waals surface area contributed by atoms with Crippen LogP contribution in [0.1, 0.15) is 61.3 Å². The van der Waals surface area contributed by atoms with Crippen molar-refractivity contribution in [2.75, 3.05) is 56.8 Å². The van der Waals surface area contributed by atoms with Gasteiger partial charge >= 0.3 is 12.2 Å². The lowest BCUT2D eigenvalue weighted by Gasteiger charge is -2.38. The summed E-state index contributed by atoms with van der Waals surface area (Å²) in [5.41, 5.74) is -3.00. The number of anilines is 2. The number of pyridine rings is 1. The molecular weight excluding hydrogens is 819 g/mol. The van der Waals surface area contributed by atoms with Crippen LogP contribution in [0.5, 0.6) is 17.5 Å². The maximum atomic E-state index is 17.6. The number of β-amino-alcohol motifs (C(OH)–C–C–N with tert-alkyl or cyclic N) is 1. The fourth-order valence-corrected chi connectivity index (χ4v) is 9.49. The number of halogens is 6. The third-order valence-electron chi connectivity index (χ3n) is 12.2. The zero-order chi connectivity index (χ0) is 43.3. The van der Waals surface area contributed by atoms with Gasteiger partial charge in [0, 0.05) is 44.5 Å². The summed E-state index contributed by atoms with van der Waals surface area (Å²) in [6, 6.07) is 17.0. The van der Waals surface area contributed by atoms with Crippen molar-refractivity contribution in [3.05, 3.63) is 93.8 Å². The van der Waals surface area contributed by atoms with Gasteiger partial charge in [0.25, 0.3) is 0 Å². The average molecular weight is 867 g/mol. The number of aryl methyl sites for hydroxylation is 1. The van der Waals surface area contributed by atoms with Crippen LogP contribution in [0.2, 0.25) is 5.02 Å². The van der Waals surface area contributed by atoms with Crippen LogP contribution in [-0.4, -0.2) is 89.3 Å². The molecule has 5 heterocycles. The molecule has 0 saturated carbocycles. The van der Waals surface area contributed by atoms with E-state index in [1.807, 2.05) is 24.3 Å². The largest absolute Gasteiger partial charge is 0.497 e. The van der Waals surface area contributed by atoms with Crippen LogP contribution in [0.25, 0.3) is 22.2 Å². The fraction of sp³-hybridized carbons (Fsp3) is 0.444. The first kappa shape index (κ1) is 42.7. The van der Waals surface area contributed by atoms with Gasteiger partial charge in [0.05, 0.1) is 47.2 Å². The Bertz CT molecular complexity index is 2350. The predicted molar refractivity (Wildman–Crippen MR) is 224 cm³/mol. The maximum Gasteiger partial charge on any atom is 0.418 e. The molecule has 61 heavy (non-hydrogen) atoms. The molecule has 0 radical (unpaired) electrons. The number of alkyl halides is 4. The number of methoxy groups -OCH3 is 2. The van der Waals surface area contributed by atoms with Crippen LogP contribution in [0, 0.1) is 12.7 Å². The molecule has 0 amide bonds. The summed E-state index contributed by atoms with van der Waals surface area (Å²) < 4.78 is 94.8. The highest BCUT2D eigenvalue weighted by Crippen LogP contribution is 2.46. The maximum absolute atomic E-state index is 17.6. The molecule has 3 atom stereocenters. The Morgan fingerprint density at radius 2 is 1.56 bits per heavy atom. The Balaban J connectivity index is 1.28. The van der Waals surface area contributed by atoms with Crippen LogP contribution in [0.4, 0.5) is 33.6 Å². The van der Waals surface area contributed by atoms with E-state index >= 15 is 17.6 Å². The van der Waals surface area contributed by atoms with Gasteiger partial charge in [-0.05, 0) is 99.2 Å². The van der Waals surface area contributed by atoms with Gasteiger partial charge in [0.2, 0.25) is 0 Å². The lowest BCUT2D eigenvalue weighted by molar-refractivity contribution is -0.137. The van der Waals surface area contributed by atoms with Gasteiger partial charge < -0.3 is 29.1 Å². The number of aromatic nitrogens is 3. The highest BCUT2D eigenvalue weighted by molar-refractivity contribution is 6.34. The predicted octanol–water partition coefficient (Wildman–Crippen LogP) is 9.34. The number of aliphatic hydroxyl groups is 1. The Hall–Kier alpha value is -4.99. The third kappa shape index (κ3) is 8.74. The van der Waals surface area contributed by atoms with Crippen molar-refractivity contribution in [1.82, 2.24) is 19.9 Å². The molecule has 16 heteroatoms.